The van der Waals surface area contributed by atoms with Crippen molar-refractivity contribution in [2.75, 3.05) is 13.4 Å². The van der Waals surface area contributed by atoms with Crippen molar-refractivity contribution in [1.29, 1.82) is 0 Å². The number of aromatic carboxylic acids is 1. The van der Waals surface area contributed by atoms with Crippen molar-refractivity contribution in [2.45, 2.75) is 14.7 Å². The minimum atomic E-state index is -0.952. The van der Waals surface area contributed by atoms with Gasteiger partial charge < -0.3 is 9.84 Å². The molecule has 104 valence electrons. The summed E-state index contributed by atoms with van der Waals surface area (Å²) >= 11 is 3.11. The number of hydrogen-bond donors (Lipinski definition) is 1. The lowest BCUT2D eigenvalue weighted by molar-refractivity contribution is 0.0692. The van der Waals surface area contributed by atoms with E-state index in [-0.39, 0.29) is 5.56 Å². The number of hydrogen-bond acceptors (Lipinski definition) is 4. The maximum atomic E-state index is 11.3. The van der Waals surface area contributed by atoms with E-state index >= 15 is 0 Å². The van der Waals surface area contributed by atoms with Gasteiger partial charge >= 0.3 is 5.97 Å². The minimum absolute atomic E-state index is 0.253. The molecule has 2 aromatic carbocycles. The van der Waals surface area contributed by atoms with E-state index in [0.29, 0.717) is 10.6 Å². The van der Waals surface area contributed by atoms with Crippen LogP contribution in [0.25, 0.3) is 0 Å². The van der Waals surface area contributed by atoms with E-state index in [0.717, 1.165) is 4.90 Å². The predicted octanol–water partition coefficient (Wildman–Crippen LogP) is 4.27. The third kappa shape index (κ3) is 3.49. The highest BCUT2D eigenvalue weighted by Crippen LogP contribution is 2.33. The highest BCUT2D eigenvalue weighted by molar-refractivity contribution is 7.99. The van der Waals surface area contributed by atoms with Gasteiger partial charge in [-0.2, -0.15) is 0 Å². The molecule has 0 aliphatic heterocycles. The van der Waals surface area contributed by atoms with Crippen LogP contribution in [0.15, 0.2) is 57.2 Å². The van der Waals surface area contributed by atoms with Crippen LogP contribution in [0.1, 0.15) is 10.4 Å². The van der Waals surface area contributed by atoms with E-state index < -0.39 is 5.97 Å². The van der Waals surface area contributed by atoms with Crippen LogP contribution < -0.4 is 4.74 Å². The molecule has 2 aromatic rings. The minimum Gasteiger partial charge on any atom is -0.497 e. The maximum absolute atomic E-state index is 11.3. The molecule has 3 nitrogen and oxygen atoms in total. The van der Waals surface area contributed by atoms with Gasteiger partial charge in [0, 0.05) is 14.7 Å². The van der Waals surface area contributed by atoms with E-state index in [1.807, 2.05) is 30.5 Å². The number of carbonyl (C=O) groups is 1. The fourth-order valence-electron chi connectivity index (χ4n) is 1.66. The predicted molar refractivity (Wildman–Crippen MR) is 82.3 cm³/mol. The summed E-state index contributed by atoms with van der Waals surface area (Å²) in [4.78, 5) is 14.2. The molecular formula is C15H14O3S2. The Bertz CT molecular complexity index is 609. The van der Waals surface area contributed by atoms with Gasteiger partial charge in [-0.3, -0.25) is 0 Å². The first-order chi connectivity index (χ1) is 9.63. The summed E-state index contributed by atoms with van der Waals surface area (Å²) in [6.45, 7) is 0. The lowest BCUT2D eigenvalue weighted by Gasteiger charge is -2.08. The summed E-state index contributed by atoms with van der Waals surface area (Å²) in [5, 5.41) is 9.27. The quantitative estimate of drug-likeness (QED) is 0.836. The number of rotatable bonds is 5. The first kappa shape index (κ1) is 14.8. The van der Waals surface area contributed by atoms with Crippen LogP contribution in [-0.4, -0.2) is 24.4 Å². The Morgan fingerprint density at radius 2 is 1.75 bits per heavy atom. The summed E-state index contributed by atoms with van der Waals surface area (Å²) in [5.41, 5.74) is 0.253. The Morgan fingerprint density at radius 3 is 2.30 bits per heavy atom. The number of methoxy groups -OCH3 is 1. The molecule has 0 fully saturated rings. The smallest absolute Gasteiger partial charge is 0.336 e. The molecule has 0 aliphatic carbocycles. The van der Waals surface area contributed by atoms with Crippen LogP contribution in [0.3, 0.4) is 0 Å². The van der Waals surface area contributed by atoms with E-state index in [1.54, 1.807) is 30.0 Å². The van der Waals surface area contributed by atoms with Crippen molar-refractivity contribution in [3.05, 3.63) is 48.0 Å². The van der Waals surface area contributed by atoms with Crippen molar-refractivity contribution >= 4 is 29.5 Å². The van der Waals surface area contributed by atoms with Crippen LogP contribution >= 0.6 is 23.5 Å². The summed E-state index contributed by atoms with van der Waals surface area (Å²) < 4.78 is 5.07. The topological polar surface area (TPSA) is 46.5 Å². The molecule has 0 saturated carbocycles. The maximum Gasteiger partial charge on any atom is 0.336 e. The van der Waals surface area contributed by atoms with Crippen molar-refractivity contribution in [2.24, 2.45) is 0 Å². The lowest BCUT2D eigenvalue weighted by Crippen LogP contribution is -1.99. The van der Waals surface area contributed by atoms with Gasteiger partial charge in [0.05, 0.1) is 12.7 Å². The first-order valence-corrected chi connectivity index (χ1v) is 7.91. The molecule has 20 heavy (non-hydrogen) atoms. The Hall–Kier alpha value is -1.59. The largest absolute Gasteiger partial charge is 0.497 e. The van der Waals surface area contributed by atoms with E-state index in [1.165, 1.54) is 23.8 Å². The average molecular weight is 306 g/mol. The molecule has 2 rings (SSSR count). The molecule has 0 spiro atoms. The third-order valence-corrected chi connectivity index (χ3v) is 4.53. The van der Waals surface area contributed by atoms with Crippen LogP contribution in [0.4, 0.5) is 0 Å². The zero-order chi connectivity index (χ0) is 14.5. The second-order valence-electron chi connectivity index (χ2n) is 3.94. The van der Waals surface area contributed by atoms with Gasteiger partial charge in [0.1, 0.15) is 5.75 Å². The van der Waals surface area contributed by atoms with Gasteiger partial charge in [-0.05, 0) is 48.7 Å². The van der Waals surface area contributed by atoms with Gasteiger partial charge in [-0.25, -0.2) is 4.79 Å². The summed E-state index contributed by atoms with van der Waals surface area (Å²) in [5.74, 6) is -0.406. The lowest BCUT2D eigenvalue weighted by atomic mass is 10.2. The highest BCUT2D eigenvalue weighted by Gasteiger charge is 2.12. The van der Waals surface area contributed by atoms with Crippen LogP contribution in [0, 0.1) is 0 Å². The van der Waals surface area contributed by atoms with E-state index in [4.69, 9.17) is 4.74 Å². The Labute approximate surface area is 126 Å². The van der Waals surface area contributed by atoms with Crippen LogP contribution in [0.2, 0.25) is 0 Å². The fraction of sp³-hybridized carbons (Fsp3) is 0.133. The standard InChI is InChI=1S/C15H14O3S2/c1-18-10-3-8-14(13(9-10)15(16)17)20-12-6-4-11(19-2)5-7-12/h3-9H,1-2H3,(H,16,17). The molecular weight excluding hydrogens is 292 g/mol. The number of carboxylic acids is 1. The van der Waals surface area contributed by atoms with E-state index in [2.05, 4.69) is 0 Å². The fourth-order valence-corrected chi connectivity index (χ4v) is 2.99. The Kier molecular flexibility index (Phi) is 4.98. The van der Waals surface area contributed by atoms with E-state index in [9.17, 15) is 9.90 Å². The van der Waals surface area contributed by atoms with Crippen molar-refractivity contribution in [1.82, 2.24) is 0 Å². The number of thioether (sulfide) groups is 1. The molecule has 0 aliphatic rings. The van der Waals surface area contributed by atoms with Crippen LogP contribution in [0.5, 0.6) is 5.75 Å². The van der Waals surface area contributed by atoms with Gasteiger partial charge in [0.2, 0.25) is 0 Å². The molecule has 0 unspecified atom stereocenters. The van der Waals surface area contributed by atoms with Crippen molar-refractivity contribution < 1.29 is 14.6 Å². The normalized spacial score (nSPS) is 10.3. The van der Waals surface area contributed by atoms with Gasteiger partial charge in [-0.1, -0.05) is 11.8 Å². The molecule has 1 N–H and O–H groups in total. The number of carboxylic acid groups (broad SMARTS) is 1. The van der Waals surface area contributed by atoms with Gasteiger partial charge in [0.15, 0.2) is 0 Å². The second kappa shape index (κ2) is 6.72. The first-order valence-electron chi connectivity index (χ1n) is 5.87. The van der Waals surface area contributed by atoms with Crippen molar-refractivity contribution in [3.8, 4) is 5.75 Å². The monoisotopic (exact) mass is 306 g/mol. The zero-order valence-corrected chi connectivity index (χ0v) is 12.8. The third-order valence-electron chi connectivity index (χ3n) is 2.70. The molecule has 0 heterocycles. The van der Waals surface area contributed by atoms with Crippen molar-refractivity contribution in [3.63, 3.8) is 0 Å². The second-order valence-corrected chi connectivity index (χ2v) is 5.94. The Morgan fingerprint density at radius 1 is 1.10 bits per heavy atom. The molecule has 0 amide bonds. The van der Waals surface area contributed by atoms with Crippen LogP contribution in [-0.2, 0) is 0 Å². The van der Waals surface area contributed by atoms with Gasteiger partial charge in [0.25, 0.3) is 0 Å². The van der Waals surface area contributed by atoms with Gasteiger partial charge in [-0.15, -0.1) is 11.8 Å². The molecule has 0 saturated heterocycles. The molecule has 0 aromatic heterocycles. The zero-order valence-electron chi connectivity index (χ0n) is 11.1. The molecule has 0 radical (unpaired) electrons. The molecule has 0 bridgehead atoms. The highest BCUT2D eigenvalue weighted by atomic mass is 32.2. The summed E-state index contributed by atoms with van der Waals surface area (Å²) in [6.07, 6.45) is 2.02. The number of ether oxygens (including phenoxy) is 1. The summed E-state index contributed by atoms with van der Waals surface area (Å²) in [6, 6.07) is 13.1. The SMILES string of the molecule is COc1ccc(Sc2ccc(SC)cc2)c(C(=O)O)c1. The average Bonchev–Trinajstić information content (AvgIpc) is 2.48. The number of benzene rings is 2. The molecule has 0 atom stereocenters. The molecule has 5 heteroatoms. The summed E-state index contributed by atoms with van der Waals surface area (Å²) in [7, 11) is 1.52. The Balaban J connectivity index is 2.29.